The maximum absolute atomic E-state index is 12.9. The molecule has 4 heteroatoms. The van der Waals surface area contributed by atoms with E-state index in [1.54, 1.807) is 0 Å². The Kier molecular flexibility index (Phi) is 4.55. The number of anilines is 1. The standard InChI is InChI=1S/C14H22FN3/c1-12(16)6-7-17-8-10-18(11-9-17)14-4-2-13(15)3-5-14/h2-5,12H,6-11,16H2,1H3. The van der Waals surface area contributed by atoms with Gasteiger partial charge < -0.3 is 10.6 Å². The van der Waals surface area contributed by atoms with Gasteiger partial charge in [0.15, 0.2) is 0 Å². The van der Waals surface area contributed by atoms with Crippen LogP contribution in [0, 0.1) is 5.82 Å². The smallest absolute Gasteiger partial charge is 0.123 e. The van der Waals surface area contributed by atoms with E-state index in [0.29, 0.717) is 0 Å². The number of halogens is 1. The van der Waals surface area contributed by atoms with Gasteiger partial charge in [-0.15, -0.1) is 0 Å². The molecule has 0 aliphatic carbocycles. The number of nitrogens with two attached hydrogens (primary N) is 1. The highest BCUT2D eigenvalue weighted by molar-refractivity contribution is 5.46. The molecule has 1 aliphatic rings. The molecule has 0 radical (unpaired) electrons. The van der Waals surface area contributed by atoms with Crippen LogP contribution >= 0.6 is 0 Å². The summed E-state index contributed by atoms with van der Waals surface area (Å²) in [6.07, 6.45) is 1.05. The minimum absolute atomic E-state index is 0.172. The van der Waals surface area contributed by atoms with Crippen LogP contribution in [-0.2, 0) is 0 Å². The zero-order valence-electron chi connectivity index (χ0n) is 11.0. The summed E-state index contributed by atoms with van der Waals surface area (Å²) in [4.78, 5) is 4.76. The maximum atomic E-state index is 12.9. The lowest BCUT2D eigenvalue weighted by Gasteiger charge is -2.36. The number of nitrogens with zero attached hydrogens (tertiary/aromatic N) is 2. The number of hydrogen-bond acceptors (Lipinski definition) is 3. The predicted molar refractivity (Wildman–Crippen MR) is 73.3 cm³/mol. The maximum Gasteiger partial charge on any atom is 0.123 e. The molecule has 2 N–H and O–H groups in total. The molecule has 18 heavy (non-hydrogen) atoms. The minimum Gasteiger partial charge on any atom is -0.369 e. The lowest BCUT2D eigenvalue weighted by molar-refractivity contribution is 0.250. The van der Waals surface area contributed by atoms with Crippen LogP contribution in [0.2, 0.25) is 0 Å². The van der Waals surface area contributed by atoms with Crippen molar-refractivity contribution in [3.8, 4) is 0 Å². The van der Waals surface area contributed by atoms with Gasteiger partial charge in [0.1, 0.15) is 5.82 Å². The summed E-state index contributed by atoms with van der Waals surface area (Å²) in [6.45, 7) is 7.26. The van der Waals surface area contributed by atoms with Crippen molar-refractivity contribution in [2.75, 3.05) is 37.6 Å². The highest BCUT2D eigenvalue weighted by atomic mass is 19.1. The summed E-state index contributed by atoms with van der Waals surface area (Å²) in [6, 6.07) is 7.04. The zero-order valence-corrected chi connectivity index (χ0v) is 11.0. The fraction of sp³-hybridized carbons (Fsp3) is 0.571. The van der Waals surface area contributed by atoms with Crippen molar-refractivity contribution in [1.29, 1.82) is 0 Å². The number of hydrogen-bond donors (Lipinski definition) is 1. The van der Waals surface area contributed by atoms with Crippen LogP contribution in [-0.4, -0.2) is 43.7 Å². The molecular formula is C14H22FN3. The van der Waals surface area contributed by atoms with Gasteiger partial charge in [-0.2, -0.15) is 0 Å². The first-order valence-electron chi connectivity index (χ1n) is 6.63. The molecule has 3 nitrogen and oxygen atoms in total. The third-order valence-electron chi connectivity index (χ3n) is 3.46. The molecule has 1 aliphatic heterocycles. The van der Waals surface area contributed by atoms with Crippen LogP contribution in [0.25, 0.3) is 0 Å². The van der Waals surface area contributed by atoms with Gasteiger partial charge in [0.05, 0.1) is 0 Å². The quantitative estimate of drug-likeness (QED) is 0.884. The second-order valence-corrected chi connectivity index (χ2v) is 5.07. The van der Waals surface area contributed by atoms with Gasteiger partial charge >= 0.3 is 0 Å². The Morgan fingerprint density at radius 1 is 1.17 bits per heavy atom. The number of piperazine rings is 1. The van der Waals surface area contributed by atoms with E-state index in [2.05, 4.69) is 16.7 Å². The largest absolute Gasteiger partial charge is 0.369 e. The Hall–Kier alpha value is -1.13. The number of rotatable bonds is 4. The first-order chi connectivity index (χ1) is 8.65. The monoisotopic (exact) mass is 251 g/mol. The van der Waals surface area contributed by atoms with Crippen LogP contribution in [0.5, 0.6) is 0 Å². The lowest BCUT2D eigenvalue weighted by atomic mass is 10.2. The van der Waals surface area contributed by atoms with E-state index in [0.717, 1.165) is 44.8 Å². The Morgan fingerprint density at radius 3 is 2.33 bits per heavy atom. The van der Waals surface area contributed by atoms with Gasteiger partial charge in [0.2, 0.25) is 0 Å². The summed E-state index contributed by atoms with van der Waals surface area (Å²) in [5.74, 6) is -0.172. The molecule has 1 heterocycles. The third kappa shape index (κ3) is 3.68. The first kappa shape index (κ1) is 13.3. The van der Waals surface area contributed by atoms with E-state index in [9.17, 15) is 4.39 Å². The average Bonchev–Trinajstić information content (AvgIpc) is 2.38. The highest BCUT2D eigenvalue weighted by Crippen LogP contribution is 2.16. The summed E-state index contributed by atoms with van der Waals surface area (Å²) in [7, 11) is 0. The zero-order chi connectivity index (χ0) is 13.0. The number of benzene rings is 1. The fourth-order valence-electron chi connectivity index (χ4n) is 2.27. The van der Waals surface area contributed by atoms with Gasteiger partial charge in [-0.05, 0) is 44.2 Å². The Labute approximate surface area is 108 Å². The molecule has 0 saturated carbocycles. The summed E-state index contributed by atoms with van der Waals surface area (Å²) < 4.78 is 12.9. The second-order valence-electron chi connectivity index (χ2n) is 5.07. The van der Waals surface area contributed by atoms with Crippen molar-refractivity contribution in [3.05, 3.63) is 30.1 Å². The van der Waals surface area contributed by atoms with E-state index in [4.69, 9.17) is 5.73 Å². The molecular weight excluding hydrogens is 229 g/mol. The average molecular weight is 251 g/mol. The molecule has 1 saturated heterocycles. The van der Waals surface area contributed by atoms with Gasteiger partial charge in [-0.25, -0.2) is 4.39 Å². The van der Waals surface area contributed by atoms with Gasteiger partial charge in [0.25, 0.3) is 0 Å². The Balaban J connectivity index is 1.81. The van der Waals surface area contributed by atoms with Crippen LogP contribution in [0.4, 0.5) is 10.1 Å². The first-order valence-corrected chi connectivity index (χ1v) is 6.63. The normalized spacial score (nSPS) is 18.9. The molecule has 0 aromatic heterocycles. The van der Waals surface area contributed by atoms with Crippen molar-refractivity contribution in [2.45, 2.75) is 19.4 Å². The van der Waals surface area contributed by atoms with Gasteiger partial charge in [-0.1, -0.05) is 0 Å². The summed E-state index contributed by atoms with van der Waals surface area (Å²) in [5.41, 5.74) is 6.88. The van der Waals surface area contributed by atoms with Crippen LogP contribution < -0.4 is 10.6 Å². The van der Waals surface area contributed by atoms with E-state index in [-0.39, 0.29) is 11.9 Å². The molecule has 0 bridgehead atoms. The van der Waals surface area contributed by atoms with E-state index in [1.807, 2.05) is 12.1 Å². The molecule has 1 unspecified atom stereocenters. The van der Waals surface area contributed by atoms with E-state index >= 15 is 0 Å². The van der Waals surface area contributed by atoms with Crippen molar-refractivity contribution >= 4 is 5.69 Å². The van der Waals surface area contributed by atoms with Crippen molar-refractivity contribution in [1.82, 2.24) is 4.90 Å². The topological polar surface area (TPSA) is 32.5 Å². The molecule has 1 atom stereocenters. The Bertz CT molecular complexity index is 356. The summed E-state index contributed by atoms with van der Waals surface area (Å²) in [5, 5.41) is 0. The van der Waals surface area contributed by atoms with Crippen molar-refractivity contribution in [3.63, 3.8) is 0 Å². The summed E-state index contributed by atoms with van der Waals surface area (Å²) >= 11 is 0. The third-order valence-corrected chi connectivity index (χ3v) is 3.46. The predicted octanol–water partition coefficient (Wildman–Crippen LogP) is 1.68. The molecule has 100 valence electrons. The van der Waals surface area contributed by atoms with Crippen LogP contribution in [0.3, 0.4) is 0 Å². The van der Waals surface area contributed by atoms with Crippen molar-refractivity contribution in [2.24, 2.45) is 5.73 Å². The Morgan fingerprint density at radius 2 is 1.78 bits per heavy atom. The van der Waals surface area contributed by atoms with Gasteiger partial charge in [-0.3, -0.25) is 4.90 Å². The van der Waals surface area contributed by atoms with E-state index < -0.39 is 0 Å². The molecule has 2 rings (SSSR count). The lowest BCUT2D eigenvalue weighted by Crippen LogP contribution is -2.47. The highest BCUT2D eigenvalue weighted by Gasteiger charge is 2.16. The second kappa shape index (κ2) is 6.16. The fourth-order valence-corrected chi connectivity index (χ4v) is 2.27. The molecule has 1 aromatic carbocycles. The van der Waals surface area contributed by atoms with E-state index in [1.165, 1.54) is 12.1 Å². The minimum atomic E-state index is -0.172. The van der Waals surface area contributed by atoms with Gasteiger partial charge in [0, 0.05) is 37.9 Å². The van der Waals surface area contributed by atoms with Crippen LogP contribution in [0.15, 0.2) is 24.3 Å². The molecule has 0 amide bonds. The molecule has 1 fully saturated rings. The molecule has 0 spiro atoms. The molecule has 1 aromatic rings. The van der Waals surface area contributed by atoms with Crippen molar-refractivity contribution < 1.29 is 4.39 Å². The SMILES string of the molecule is CC(N)CCN1CCN(c2ccc(F)cc2)CC1. The van der Waals surface area contributed by atoms with Crippen LogP contribution in [0.1, 0.15) is 13.3 Å².